The maximum absolute atomic E-state index is 10.6. The van der Waals surface area contributed by atoms with Gasteiger partial charge in [-0.2, -0.15) is 0 Å². The van der Waals surface area contributed by atoms with E-state index in [4.69, 9.17) is 9.84 Å². The number of aromatic nitrogens is 2. The monoisotopic (exact) mass is 251 g/mol. The Morgan fingerprint density at radius 2 is 2.28 bits per heavy atom. The molecule has 6 heteroatoms. The SMILES string of the molecule is O=C(O)c1ccc(NCCCOCC2CC2)nn1. The predicted molar refractivity (Wildman–Crippen MR) is 65.6 cm³/mol. The number of nitrogens with one attached hydrogen (secondary N) is 1. The van der Waals surface area contributed by atoms with Gasteiger partial charge in [0.25, 0.3) is 0 Å². The van der Waals surface area contributed by atoms with Crippen molar-refractivity contribution < 1.29 is 14.6 Å². The van der Waals surface area contributed by atoms with Gasteiger partial charge in [0, 0.05) is 19.8 Å². The maximum Gasteiger partial charge on any atom is 0.356 e. The first-order chi connectivity index (χ1) is 8.75. The molecule has 0 atom stereocenters. The first-order valence-electron chi connectivity index (χ1n) is 6.14. The first-order valence-corrected chi connectivity index (χ1v) is 6.14. The van der Waals surface area contributed by atoms with Crippen LogP contribution in [0.2, 0.25) is 0 Å². The fraction of sp³-hybridized carbons (Fsp3) is 0.583. The molecule has 1 fully saturated rings. The summed E-state index contributed by atoms with van der Waals surface area (Å²) in [6, 6.07) is 3.04. The van der Waals surface area contributed by atoms with Crippen LogP contribution in [0.4, 0.5) is 5.82 Å². The molecule has 1 aromatic heterocycles. The third-order valence-corrected chi connectivity index (χ3v) is 2.71. The Kier molecular flexibility index (Phi) is 4.46. The quantitative estimate of drug-likeness (QED) is 0.679. The van der Waals surface area contributed by atoms with Crippen molar-refractivity contribution in [1.29, 1.82) is 0 Å². The largest absolute Gasteiger partial charge is 0.476 e. The van der Waals surface area contributed by atoms with Crippen LogP contribution in [0, 0.1) is 5.92 Å². The van der Waals surface area contributed by atoms with E-state index in [-0.39, 0.29) is 5.69 Å². The summed E-state index contributed by atoms with van der Waals surface area (Å²) in [5.41, 5.74) is -0.0479. The van der Waals surface area contributed by atoms with E-state index < -0.39 is 5.97 Å². The van der Waals surface area contributed by atoms with Gasteiger partial charge in [0.2, 0.25) is 0 Å². The summed E-state index contributed by atoms with van der Waals surface area (Å²) in [4.78, 5) is 10.6. The molecule has 98 valence electrons. The zero-order chi connectivity index (χ0) is 12.8. The number of carbonyl (C=O) groups is 1. The molecule has 0 spiro atoms. The molecule has 0 radical (unpaired) electrons. The minimum absolute atomic E-state index is 0.0479. The van der Waals surface area contributed by atoms with E-state index in [2.05, 4.69) is 15.5 Å². The van der Waals surface area contributed by atoms with E-state index in [1.54, 1.807) is 6.07 Å². The maximum atomic E-state index is 10.6. The van der Waals surface area contributed by atoms with Crippen LogP contribution in [-0.2, 0) is 4.74 Å². The molecule has 1 heterocycles. The van der Waals surface area contributed by atoms with Crippen LogP contribution in [0.3, 0.4) is 0 Å². The minimum Gasteiger partial charge on any atom is -0.476 e. The van der Waals surface area contributed by atoms with Crippen LogP contribution < -0.4 is 5.32 Å². The molecule has 0 aromatic carbocycles. The molecule has 0 bridgehead atoms. The molecule has 1 aliphatic carbocycles. The van der Waals surface area contributed by atoms with E-state index in [0.29, 0.717) is 5.82 Å². The van der Waals surface area contributed by atoms with Crippen molar-refractivity contribution in [2.24, 2.45) is 5.92 Å². The Morgan fingerprint density at radius 1 is 1.44 bits per heavy atom. The number of carboxylic acid groups (broad SMARTS) is 1. The number of anilines is 1. The molecule has 2 N–H and O–H groups in total. The van der Waals surface area contributed by atoms with Gasteiger partial charge >= 0.3 is 5.97 Å². The molecular weight excluding hydrogens is 234 g/mol. The molecule has 0 saturated heterocycles. The van der Waals surface area contributed by atoms with Gasteiger partial charge in [0.15, 0.2) is 5.69 Å². The van der Waals surface area contributed by atoms with Gasteiger partial charge in [-0.25, -0.2) is 4.79 Å². The number of ether oxygens (including phenoxy) is 1. The second-order valence-corrected chi connectivity index (χ2v) is 4.41. The molecule has 6 nitrogen and oxygen atoms in total. The highest BCUT2D eigenvalue weighted by Crippen LogP contribution is 2.28. The third kappa shape index (κ3) is 4.29. The second-order valence-electron chi connectivity index (χ2n) is 4.41. The third-order valence-electron chi connectivity index (χ3n) is 2.71. The Balaban J connectivity index is 1.58. The molecule has 1 aromatic rings. The van der Waals surface area contributed by atoms with Gasteiger partial charge in [-0.15, -0.1) is 10.2 Å². The Labute approximate surface area is 105 Å². The lowest BCUT2D eigenvalue weighted by Gasteiger charge is -2.05. The van der Waals surface area contributed by atoms with Crippen LogP contribution >= 0.6 is 0 Å². The lowest BCUT2D eigenvalue weighted by atomic mass is 10.4. The zero-order valence-electron chi connectivity index (χ0n) is 10.1. The van der Waals surface area contributed by atoms with E-state index in [0.717, 1.165) is 32.1 Å². The Morgan fingerprint density at radius 3 is 2.89 bits per heavy atom. The van der Waals surface area contributed by atoms with Crippen LogP contribution in [0.1, 0.15) is 29.8 Å². The summed E-state index contributed by atoms with van der Waals surface area (Å²) >= 11 is 0. The Bertz CT molecular complexity index is 390. The molecule has 0 aliphatic heterocycles. The van der Waals surface area contributed by atoms with Crippen molar-refractivity contribution in [3.8, 4) is 0 Å². The lowest BCUT2D eigenvalue weighted by Crippen LogP contribution is -2.09. The van der Waals surface area contributed by atoms with Crippen molar-refractivity contribution in [2.75, 3.05) is 25.1 Å². The minimum atomic E-state index is -1.07. The van der Waals surface area contributed by atoms with E-state index >= 15 is 0 Å². The van der Waals surface area contributed by atoms with Gasteiger partial charge in [-0.3, -0.25) is 0 Å². The normalized spacial score (nSPS) is 14.4. The number of hydrogen-bond acceptors (Lipinski definition) is 5. The molecule has 2 rings (SSSR count). The van der Waals surface area contributed by atoms with E-state index in [1.165, 1.54) is 18.9 Å². The zero-order valence-corrected chi connectivity index (χ0v) is 10.1. The number of hydrogen-bond donors (Lipinski definition) is 2. The average molecular weight is 251 g/mol. The highest BCUT2D eigenvalue weighted by molar-refractivity contribution is 5.85. The van der Waals surface area contributed by atoms with Crippen molar-refractivity contribution in [3.05, 3.63) is 17.8 Å². The van der Waals surface area contributed by atoms with Gasteiger partial charge in [-0.05, 0) is 37.3 Å². The predicted octanol–water partition coefficient (Wildman–Crippen LogP) is 1.40. The Hall–Kier alpha value is -1.69. The smallest absolute Gasteiger partial charge is 0.356 e. The standard InChI is InChI=1S/C12H17N3O3/c16-12(17)10-4-5-11(15-14-10)13-6-1-7-18-8-9-2-3-9/h4-5,9H,1-3,6-8H2,(H,13,15)(H,16,17). The topological polar surface area (TPSA) is 84.3 Å². The highest BCUT2D eigenvalue weighted by Gasteiger charge is 2.20. The van der Waals surface area contributed by atoms with Gasteiger partial charge in [0.1, 0.15) is 5.82 Å². The molecule has 0 amide bonds. The summed E-state index contributed by atoms with van der Waals surface area (Å²) in [7, 11) is 0. The lowest BCUT2D eigenvalue weighted by molar-refractivity contribution is 0.0689. The van der Waals surface area contributed by atoms with Crippen LogP contribution in [0.15, 0.2) is 12.1 Å². The summed E-state index contributed by atoms with van der Waals surface area (Å²) in [6.07, 6.45) is 3.52. The van der Waals surface area contributed by atoms with Crippen LogP contribution in [0.25, 0.3) is 0 Å². The van der Waals surface area contributed by atoms with Gasteiger partial charge in [-0.1, -0.05) is 0 Å². The van der Waals surface area contributed by atoms with E-state index in [9.17, 15) is 4.79 Å². The molecule has 1 aliphatic rings. The summed E-state index contributed by atoms with van der Waals surface area (Å²) in [5.74, 6) is 0.317. The summed E-state index contributed by atoms with van der Waals surface area (Å²) in [5, 5.41) is 19.1. The average Bonchev–Trinajstić information content (AvgIpc) is 3.18. The van der Waals surface area contributed by atoms with Gasteiger partial charge in [0.05, 0.1) is 0 Å². The van der Waals surface area contributed by atoms with Crippen LogP contribution in [0.5, 0.6) is 0 Å². The van der Waals surface area contributed by atoms with Crippen molar-refractivity contribution >= 4 is 11.8 Å². The van der Waals surface area contributed by atoms with Gasteiger partial charge < -0.3 is 15.2 Å². The fourth-order valence-electron chi connectivity index (χ4n) is 1.47. The first kappa shape index (κ1) is 12.8. The summed E-state index contributed by atoms with van der Waals surface area (Å²) < 4.78 is 5.49. The fourth-order valence-corrected chi connectivity index (χ4v) is 1.47. The molecule has 18 heavy (non-hydrogen) atoms. The molecule has 1 saturated carbocycles. The highest BCUT2D eigenvalue weighted by atomic mass is 16.5. The van der Waals surface area contributed by atoms with E-state index in [1.807, 2.05) is 0 Å². The van der Waals surface area contributed by atoms with Crippen molar-refractivity contribution in [1.82, 2.24) is 10.2 Å². The number of carboxylic acids is 1. The van der Waals surface area contributed by atoms with Crippen LogP contribution in [-0.4, -0.2) is 41.0 Å². The number of rotatable bonds is 8. The summed E-state index contributed by atoms with van der Waals surface area (Å²) in [6.45, 7) is 2.36. The molecular formula is C12H17N3O3. The molecule has 0 unspecified atom stereocenters. The van der Waals surface area contributed by atoms with Crippen molar-refractivity contribution in [2.45, 2.75) is 19.3 Å². The number of aromatic carboxylic acids is 1. The number of nitrogens with zero attached hydrogens (tertiary/aromatic N) is 2. The van der Waals surface area contributed by atoms with Crippen molar-refractivity contribution in [3.63, 3.8) is 0 Å². The second kappa shape index (κ2) is 6.30.